The van der Waals surface area contributed by atoms with Gasteiger partial charge in [-0.2, -0.15) is 0 Å². The lowest BCUT2D eigenvalue weighted by Gasteiger charge is -2.27. The third kappa shape index (κ3) is 3.23. The average molecular weight is 248 g/mol. The second kappa shape index (κ2) is 5.87. The minimum absolute atomic E-state index is 0.0513. The quantitative estimate of drug-likeness (QED) is 0.818. The van der Waals surface area contributed by atoms with Gasteiger partial charge in [0.25, 0.3) is 5.91 Å². The maximum atomic E-state index is 11.6. The van der Waals surface area contributed by atoms with Crippen LogP contribution in [0.3, 0.4) is 0 Å². The zero-order valence-electron chi connectivity index (χ0n) is 11.0. The molecule has 0 radical (unpaired) electrons. The van der Waals surface area contributed by atoms with Crippen molar-refractivity contribution in [2.24, 2.45) is 5.92 Å². The highest BCUT2D eigenvalue weighted by Crippen LogP contribution is 2.21. The van der Waals surface area contributed by atoms with Crippen molar-refractivity contribution >= 4 is 5.91 Å². The molecule has 0 unspecified atom stereocenters. The Morgan fingerprint density at radius 1 is 1.39 bits per heavy atom. The molecule has 0 aromatic heterocycles. The molecule has 1 aliphatic heterocycles. The molecule has 1 fully saturated rings. The molecule has 1 aromatic rings. The number of hydrogen-bond donors (Lipinski definition) is 2. The number of carbonyl (C=O) groups is 1. The van der Waals surface area contributed by atoms with E-state index in [-0.39, 0.29) is 12.5 Å². The molecule has 0 saturated carbocycles. The van der Waals surface area contributed by atoms with Gasteiger partial charge in [-0.3, -0.25) is 4.79 Å². The van der Waals surface area contributed by atoms with Crippen LogP contribution in [0, 0.1) is 19.8 Å². The largest absolute Gasteiger partial charge is 0.483 e. The molecule has 0 bridgehead atoms. The van der Waals surface area contributed by atoms with Gasteiger partial charge in [-0.1, -0.05) is 18.2 Å². The summed E-state index contributed by atoms with van der Waals surface area (Å²) >= 11 is 0. The van der Waals surface area contributed by atoms with Gasteiger partial charge in [0.05, 0.1) is 0 Å². The molecule has 4 nitrogen and oxygen atoms in total. The van der Waals surface area contributed by atoms with Crippen LogP contribution in [0.25, 0.3) is 0 Å². The molecule has 1 aromatic carbocycles. The Morgan fingerprint density at radius 2 is 2.06 bits per heavy atom. The summed E-state index contributed by atoms with van der Waals surface area (Å²) in [6.45, 7) is 6.80. The van der Waals surface area contributed by atoms with E-state index in [4.69, 9.17) is 4.74 Å². The normalized spacial score (nSPS) is 15.0. The van der Waals surface area contributed by atoms with E-state index in [1.165, 1.54) is 0 Å². The summed E-state index contributed by atoms with van der Waals surface area (Å²) in [5, 5.41) is 6.07. The van der Waals surface area contributed by atoms with E-state index in [1.807, 2.05) is 32.0 Å². The Bertz CT molecular complexity index is 408. The number of carbonyl (C=O) groups excluding carboxylic acids is 1. The lowest BCUT2D eigenvalue weighted by molar-refractivity contribution is -0.123. The molecule has 2 rings (SSSR count). The van der Waals surface area contributed by atoms with Crippen LogP contribution in [-0.4, -0.2) is 32.1 Å². The predicted octanol–water partition coefficient (Wildman–Crippen LogP) is 1.02. The third-order valence-electron chi connectivity index (χ3n) is 3.21. The Hall–Kier alpha value is -1.55. The monoisotopic (exact) mass is 248 g/mol. The van der Waals surface area contributed by atoms with Gasteiger partial charge in [0, 0.05) is 25.6 Å². The molecule has 0 atom stereocenters. The van der Waals surface area contributed by atoms with Crippen LogP contribution in [0.1, 0.15) is 11.1 Å². The number of hydrogen-bond acceptors (Lipinski definition) is 3. The number of benzene rings is 1. The van der Waals surface area contributed by atoms with Crippen molar-refractivity contribution in [1.29, 1.82) is 0 Å². The molecule has 1 saturated heterocycles. The summed E-state index contributed by atoms with van der Waals surface area (Å²) in [7, 11) is 0. The Morgan fingerprint density at radius 3 is 2.61 bits per heavy atom. The number of rotatable bonds is 5. The van der Waals surface area contributed by atoms with Gasteiger partial charge in [-0.15, -0.1) is 0 Å². The van der Waals surface area contributed by atoms with Crippen LogP contribution in [0.4, 0.5) is 0 Å². The Labute approximate surface area is 108 Å². The lowest BCUT2D eigenvalue weighted by Crippen LogP contribution is -2.48. The molecule has 18 heavy (non-hydrogen) atoms. The van der Waals surface area contributed by atoms with Crippen LogP contribution in [-0.2, 0) is 4.79 Å². The Kier molecular flexibility index (Phi) is 4.20. The predicted molar refractivity (Wildman–Crippen MR) is 70.8 cm³/mol. The van der Waals surface area contributed by atoms with Gasteiger partial charge >= 0.3 is 0 Å². The SMILES string of the molecule is Cc1cccc(C)c1OCC(=O)NCC1CNC1. The summed E-state index contributed by atoms with van der Waals surface area (Å²) in [6.07, 6.45) is 0. The van der Waals surface area contributed by atoms with Crippen molar-refractivity contribution in [3.05, 3.63) is 29.3 Å². The summed E-state index contributed by atoms with van der Waals surface area (Å²) in [5.74, 6) is 1.34. The highest BCUT2D eigenvalue weighted by molar-refractivity contribution is 5.77. The molecule has 4 heteroatoms. The molecule has 2 N–H and O–H groups in total. The van der Waals surface area contributed by atoms with E-state index in [9.17, 15) is 4.79 Å². The van der Waals surface area contributed by atoms with Crippen LogP contribution in [0.15, 0.2) is 18.2 Å². The fourth-order valence-corrected chi connectivity index (χ4v) is 1.97. The summed E-state index contributed by atoms with van der Waals surface area (Å²) < 4.78 is 5.59. The van der Waals surface area contributed by atoms with Crippen LogP contribution < -0.4 is 15.4 Å². The van der Waals surface area contributed by atoms with Gasteiger partial charge in [0.15, 0.2) is 6.61 Å². The number of nitrogens with one attached hydrogen (secondary N) is 2. The number of ether oxygens (including phenoxy) is 1. The standard InChI is InChI=1S/C14H20N2O2/c1-10-4-3-5-11(2)14(10)18-9-13(17)16-8-12-6-15-7-12/h3-5,12,15H,6-9H2,1-2H3,(H,16,17). The molecule has 98 valence electrons. The van der Waals surface area contributed by atoms with Gasteiger partial charge in [0.2, 0.25) is 0 Å². The van der Waals surface area contributed by atoms with Crippen molar-refractivity contribution in [3.8, 4) is 5.75 Å². The molecule has 1 amide bonds. The van der Waals surface area contributed by atoms with Gasteiger partial charge < -0.3 is 15.4 Å². The van der Waals surface area contributed by atoms with Crippen molar-refractivity contribution in [2.45, 2.75) is 13.8 Å². The minimum Gasteiger partial charge on any atom is -0.483 e. The van der Waals surface area contributed by atoms with E-state index >= 15 is 0 Å². The van der Waals surface area contributed by atoms with Gasteiger partial charge in [-0.25, -0.2) is 0 Å². The molecule has 1 aliphatic rings. The second-order valence-corrected chi connectivity index (χ2v) is 4.84. The van der Waals surface area contributed by atoms with Gasteiger partial charge in [0.1, 0.15) is 5.75 Å². The molecule has 0 aliphatic carbocycles. The fraction of sp³-hybridized carbons (Fsp3) is 0.500. The van der Waals surface area contributed by atoms with Crippen molar-refractivity contribution in [1.82, 2.24) is 10.6 Å². The zero-order chi connectivity index (χ0) is 13.0. The van der Waals surface area contributed by atoms with E-state index in [2.05, 4.69) is 10.6 Å². The first-order chi connectivity index (χ1) is 8.66. The van der Waals surface area contributed by atoms with E-state index in [0.29, 0.717) is 5.92 Å². The highest BCUT2D eigenvalue weighted by Gasteiger charge is 2.17. The third-order valence-corrected chi connectivity index (χ3v) is 3.21. The lowest BCUT2D eigenvalue weighted by atomic mass is 10.0. The van der Waals surface area contributed by atoms with E-state index in [0.717, 1.165) is 36.5 Å². The first-order valence-corrected chi connectivity index (χ1v) is 6.33. The average Bonchev–Trinajstić information content (AvgIpc) is 2.26. The number of amides is 1. The molecule has 0 spiro atoms. The maximum absolute atomic E-state index is 11.6. The number of para-hydroxylation sites is 1. The fourth-order valence-electron chi connectivity index (χ4n) is 1.97. The topological polar surface area (TPSA) is 50.4 Å². The van der Waals surface area contributed by atoms with E-state index in [1.54, 1.807) is 0 Å². The smallest absolute Gasteiger partial charge is 0.257 e. The maximum Gasteiger partial charge on any atom is 0.257 e. The van der Waals surface area contributed by atoms with Gasteiger partial charge in [-0.05, 0) is 25.0 Å². The summed E-state index contributed by atoms with van der Waals surface area (Å²) in [6, 6.07) is 5.96. The first-order valence-electron chi connectivity index (χ1n) is 6.33. The van der Waals surface area contributed by atoms with Crippen molar-refractivity contribution in [3.63, 3.8) is 0 Å². The number of aryl methyl sites for hydroxylation is 2. The Balaban J connectivity index is 1.77. The molecular weight excluding hydrogens is 228 g/mol. The van der Waals surface area contributed by atoms with E-state index < -0.39 is 0 Å². The van der Waals surface area contributed by atoms with Crippen LogP contribution in [0.2, 0.25) is 0 Å². The van der Waals surface area contributed by atoms with Crippen molar-refractivity contribution < 1.29 is 9.53 Å². The molecular formula is C14H20N2O2. The van der Waals surface area contributed by atoms with Crippen LogP contribution in [0.5, 0.6) is 5.75 Å². The zero-order valence-corrected chi connectivity index (χ0v) is 11.0. The van der Waals surface area contributed by atoms with Crippen LogP contribution >= 0.6 is 0 Å². The minimum atomic E-state index is -0.0513. The summed E-state index contributed by atoms with van der Waals surface area (Å²) in [4.78, 5) is 11.6. The highest BCUT2D eigenvalue weighted by atomic mass is 16.5. The first kappa shape index (κ1) is 12.9. The summed E-state index contributed by atoms with van der Waals surface area (Å²) in [5.41, 5.74) is 2.12. The molecule has 1 heterocycles. The van der Waals surface area contributed by atoms with Crippen molar-refractivity contribution in [2.75, 3.05) is 26.2 Å². The second-order valence-electron chi connectivity index (χ2n) is 4.84.